The summed E-state index contributed by atoms with van der Waals surface area (Å²) < 4.78 is 35.4. The van der Waals surface area contributed by atoms with Crippen LogP contribution in [-0.4, -0.2) is 31.2 Å². The average Bonchev–Trinajstić information content (AvgIpc) is 2.66. The van der Waals surface area contributed by atoms with E-state index < -0.39 is 24.9 Å². The molecule has 0 aliphatic carbocycles. The molecule has 1 fully saturated rings. The third kappa shape index (κ3) is 5.95. The minimum Gasteiger partial charge on any atom is -0.356 e. The van der Waals surface area contributed by atoms with Crippen molar-refractivity contribution in [1.29, 1.82) is 0 Å². The van der Waals surface area contributed by atoms with Crippen molar-refractivity contribution in [2.24, 2.45) is 0 Å². The maximum Gasteiger partial charge on any atom is 0.389 e. The number of carbonyl (C=O) groups excluding carboxylic acids is 1. The molecule has 1 heterocycles. The second-order valence-electron chi connectivity index (χ2n) is 4.05. The summed E-state index contributed by atoms with van der Waals surface area (Å²) in [7, 11) is 0. The lowest BCUT2D eigenvalue weighted by atomic mass is 10.1. The Morgan fingerprint density at radius 3 is 2.75 bits per heavy atom. The molecule has 16 heavy (non-hydrogen) atoms. The predicted octanol–water partition coefficient (Wildman–Crippen LogP) is 1.59. The van der Waals surface area contributed by atoms with Gasteiger partial charge in [-0.05, 0) is 25.8 Å². The van der Waals surface area contributed by atoms with Crippen LogP contribution >= 0.6 is 0 Å². The van der Waals surface area contributed by atoms with Crippen LogP contribution in [0.5, 0.6) is 0 Å². The van der Waals surface area contributed by atoms with E-state index in [1.165, 1.54) is 0 Å². The summed E-state index contributed by atoms with van der Waals surface area (Å²) in [5, 5.41) is 5.76. The zero-order valence-electron chi connectivity index (χ0n) is 9.07. The molecule has 0 unspecified atom stereocenters. The quantitative estimate of drug-likeness (QED) is 0.763. The lowest BCUT2D eigenvalue weighted by molar-refractivity contribution is -0.144. The van der Waals surface area contributed by atoms with Crippen LogP contribution in [0, 0.1) is 0 Å². The van der Waals surface area contributed by atoms with Crippen molar-refractivity contribution in [1.82, 2.24) is 10.6 Å². The predicted molar refractivity (Wildman–Crippen MR) is 53.9 cm³/mol. The highest BCUT2D eigenvalue weighted by atomic mass is 19.4. The normalized spacial score (nSPS) is 21.1. The standard InChI is InChI=1S/C10H17F3N2O/c11-10(12,13)5-3-9(16)15-7-4-8-2-1-6-14-8/h8,14H,1-7H2,(H,15,16)/t8-/m0/s1. The van der Waals surface area contributed by atoms with E-state index >= 15 is 0 Å². The number of hydrogen-bond donors (Lipinski definition) is 2. The van der Waals surface area contributed by atoms with Crippen LogP contribution in [-0.2, 0) is 4.79 Å². The summed E-state index contributed by atoms with van der Waals surface area (Å²) in [6.45, 7) is 1.45. The number of rotatable bonds is 5. The molecule has 1 aliphatic rings. The van der Waals surface area contributed by atoms with Crippen molar-refractivity contribution in [2.75, 3.05) is 13.1 Å². The van der Waals surface area contributed by atoms with Gasteiger partial charge in [0.15, 0.2) is 0 Å². The molecule has 0 bridgehead atoms. The zero-order valence-corrected chi connectivity index (χ0v) is 9.07. The first-order valence-electron chi connectivity index (χ1n) is 5.54. The van der Waals surface area contributed by atoms with Crippen molar-refractivity contribution >= 4 is 5.91 Å². The average molecular weight is 238 g/mol. The maximum atomic E-state index is 11.8. The second kappa shape index (κ2) is 6.08. The minimum absolute atomic E-state index is 0.405. The van der Waals surface area contributed by atoms with Crippen LogP contribution < -0.4 is 10.6 Å². The highest BCUT2D eigenvalue weighted by Gasteiger charge is 2.27. The smallest absolute Gasteiger partial charge is 0.356 e. The molecule has 0 radical (unpaired) electrons. The topological polar surface area (TPSA) is 41.1 Å². The van der Waals surface area contributed by atoms with Crippen molar-refractivity contribution in [3.63, 3.8) is 0 Å². The molecule has 94 valence electrons. The van der Waals surface area contributed by atoms with E-state index in [1.54, 1.807) is 0 Å². The van der Waals surface area contributed by atoms with E-state index in [1.807, 2.05) is 0 Å². The molecule has 0 saturated carbocycles. The summed E-state index contributed by atoms with van der Waals surface area (Å²) in [6, 6.07) is 0.405. The van der Waals surface area contributed by atoms with Crippen LogP contribution in [0.2, 0.25) is 0 Å². The van der Waals surface area contributed by atoms with Crippen molar-refractivity contribution < 1.29 is 18.0 Å². The highest BCUT2D eigenvalue weighted by molar-refractivity contribution is 5.75. The molecular formula is C10H17F3N2O. The number of hydrogen-bond acceptors (Lipinski definition) is 2. The molecule has 1 saturated heterocycles. The third-order valence-electron chi connectivity index (χ3n) is 2.61. The molecular weight excluding hydrogens is 221 g/mol. The van der Waals surface area contributed by atoms with Gasteiger partial charge in [-0.1, -0.05) is 0 Å². The molecule has 1 rings (SSSR count). The number of nitrogens with one attached hydrogen (secondary N) is 2. The molecule has 1 atom stereocenters. The van der Waals surface area contributed by atoms with Crippen molar-refractivity contribution in [2.45, 2.75) is 44.3 Å². The first-order chi connectivity index (χ1) is 7.47. The molecule has 0 aromatic carbocycles. The molecule has 1 aliphatic heterocycles. The van der Waals surface area contributed by atoms with Crippen LogP contribution in [0.3, 0.4) is 0 Å². The van der Waals surface area contributed by atoms with Crippen LogP contribution in [0.1, 0.15) is 32.1 Å². The van der Waals surface area contributed by atoms with Gasteiger partial charge in [-0.3, -0.25) is 4.79 Å². The van der Waals surface area contributed by atoms with Gasteiger partial charge in [0.25, 0.3) is 0 Å². The fourth-order valence-electron chi connectivity index (χ4n) is 1.73. The molecule has 3 nitrogen and oxygen atoms in total. The maximum absolute atomic E-state index is 11.8. The Kier molecular flexibility index (Phi) is 5.05. The fourth-order valence-corrected chi connectivity index (χ4v) is 1.73. The van der Waals surface area contributed by atoms with Gasteiger partial charge in [0.1, 0.15) is 0 Å². The summed E-state index contributed by atoms with van der Waals surface area (Å²) in [6.07, 6.45) is -2.75. The first-order valence-corrected chi connectivity index (χ1v) is 5.54. The van der Waals surface area contributed by atoms with Crippen LogP contribution in [0.25, 0.3) is 0 Å². The third-order valence-corrected chi connectivity index (χ3v) is 2.61. The van der Waals surface area contributed by atoms with Gasteiger partial charge in [0, 0.05) is 19.0 Å². The molecule has 0 spiro atoms. The second-order valence-corrected chi connectivity index (χ2v) is 4.05. The fraction of sp³-hybridized carbons (Fsp3) is 0.900. The van der Waals surface area contributed by atoms with E-state index in [-0.39, 0.29) is 0 Å². The number of halogens is 3. The number of alkyl halides is 3. The molecule has 0 aromatic rings. The van der Waals surface area contributed by atoms with E-state index in [9.17, 15) is 18.0 Å². The lowest BCUT2D eigenvalue weighted by Gasteiger charge is -2.11. The highest BCUT2D eigenvalue weighted by Crippen LogP contribution is 2.20. The van der Waals surface area contributed by atoms with Gasteiger partial charge in [0.2, 0.25) is 5.91 Å². The summed E-state index contributed by atoms with van der Waals surface area (Å²) in [4.78, 5) is 11.0. The zero-order chi connectivity index (χ0) is 12.0. The summed E-state index contributed by atoms with van der Waals surface area (Å²) in [5.74, 6) is -0.518. The Hall–Kier alpha value is -0.780. The lowest BCUT2D eigenvalue weighted by Crippen LogP contribution is -2.31. The van der Waals surface area contributed by atoms with E-state index in [4.69, 9.17) is 0 Å². The largest absolute Gasteiger partial charge is 0.389 e. The van der Waals surface area contributed by atoms with E-state index in [2.05, 4.69) is 10.6 Å². The van der Waals surface area contributed by atoms with Crippen LogP contribution in [0.15, 0.2) is 0 Å². The SMILES string of the molecule is O=C(CCC(F)(F)F)NCC[C@@H]1CCCN1. The molecule has 0 aromatic heterocycles. The van der Waals surface area contributed by atoms with Crippen molar-refractivity contribution in [3.05, 3.63) is 0 Å². The molecule has 2 N–H and O–H groups in total. The summed E-state index contributed by atoms with van der Waals surface area (Å²) >= 11 is 0. The van der Waals surface area contributed by atoms with E-state index in [0.717, 1.165) is 25.8 Å². The monoisotopic (exact) mass is 238 g/mol. The Morgan fingerprint density at radius 2 is 2.19 bits per heavy atom. The van der Waals surface area contributed by atoms with Gasteiger partial charge < -0.3 is 10.6 Å². The van der Waals surface area contributed by atoms with Gasteiger partial charge in [0.05, 0.1) is 6.42 Å². The van der Waals surface area contributed by atoms with Crippen LogP contribution in [0.4, 0.5) is 13.2 Å². The van der Waals surface area contributed by atoms with Gasteiger partial charge >= 0.3 is 6.18 Å². The Balaban J connectivity index is 2.01. The number of carbonyl (C=O) groups is 1. The van der Waals surface area contributed by atoms with Gasteiger partial charge in [-0.15, -0.1) is 0 Å². The molecule has 6 heteroatoms. The minimum atomic E-state index is -4.25. The molecule has 1 amide bonds. The van der Waals surface area contributed by atoms with Gasteiger partial charge in [-0.2, -0.15) is 13.2 Å². The summed E-state index contributed by atoms with van der Waals surface area (Å²) in [5.41, 5.74) is 0. The van der Waals surface area contributed by atoms with Crippen molar-refractivity contribution in [3.8, 4) is 0 Å². The Morgan fingerprint density at radius 1 is 1.44 bits per heavy atom. The van der Waals surface area contributed by atoms with Gasteiger partial charge in [-0.25, -0.2) is 0 Å². The Labute approximate surface area is 92.8 Å². The first kappa shape index (κ1) is 13.3. The Bertz CT molecular complexity index is 225. The number of amides is 1. The van der Waals surface area contributed by atoms with E-state index in [0.29, 0.717) is 12.6 Å².